The van der Waals surface area contributed by atoms with Crippen molar-refractivity contribution >= 4 is 12.0 Å². The second-order valence-corrected chi connectivity index (χ2v) is 4.72. The molecule has 0 saturated heterocycles. The lowest BCUT2D eigenvalue weighted by molar-refractivity contribution is -0.137. The molecule has 0 bridgehead atoms. The van der Waals surface area contributed by atoms with Gasteiger partial charge in [0.05, 0.1) is 0 Å². The van der Waals surface area contributed by atoms with Gasteiger partial charge in [0.25, 0.3) is 0 Å². The Balaban J connectivity index is 3.39. The van der Waals surface area contributed by atoms with Gasteiger partial charge in [0.2, 0.25) is 0 Å². The van der Waals surface area contributed by atoms with Crippen LogP contribution in [0.4, 0.5) is 4.79 Å². The summed E-state index contributed by atoms with van der Waals surface area (Å²) in [6.07, 6.45) is 2.56. The van der Waals surface area contributed by atoms with Crippen molar-refractivity contribution in [3.63, 3.8) is 0 Å². The van der Waals surface area contributed by atoms with Gasteiger partial charge in [0, 0.05) is 19.5 Å². The largest absolute Gasteiger partial charge is 0.481 e. The summed E-state index contributed by atoms with van der Waals surface area (Å²) in [5, 5.41) is 17.3. The molecule has 0 aliphatic rings. The number of amides is 2. The summed E-state index contributed by atoms with van der Waals surface area (Å²) in [6.45, 7) is 7.14. The van der Waals surface area contributed by atoms with E-state index < -0.39 is 5.97 Å². The van der Waals surface area contributed by atoms with Gasteiger partial charge in [0.1, 0.15) is 0 Å². The van der Waals surface area contributed by atoms with Crippen molar-refractivity contribution in [2.75, 3.05) is 26.2 Å². The third-order valence-electron chi connectivity index (χ3n) is 2.84. The van der Waals surface area contributed by atoms with E-state index in [0.717, 1.165) is 25.9 Å². The number of hydrogen-bond acceptors (Lipinski definition) is 3. The van der Waals surface area contributed by atoms with Crippen molar-refractivity contribution in [3.05, 3.63) is 0 Å². The monoisotopic (exact) mass is 273 g/mol. The maximum atomic E-state index is 11.4. The van der Waals surface area contributed by atoms with Crippen LogP contribution < -0.4 is 16.0 Å². The van der Waals surface area contributed by atoms with Crippen LogP contribution in [0.3, 0.4) is 0 Å². The average molecular weight is 273 g/mol. The number of carbonyl (C=O) groups is 2. The van der Waals surface area contributed by atoms with Gasteiger partial charge >= 0.3 is 12.0 Å². The van der Waals surface area contributed by atoms with Crippen LogP contribution in [0.25, 0.3) is 0 Å². The van der Waals surface area contributed by atoms with E-state index in [2.05, 4.69) is 16.0 Å². The minimum Gasteiger partial charge on any atom is -0.481 e. The van der Waals surface area contributed by atoms with Gasteiger partial charge < -0.3 is 21.1 Å². The molecule has 0 spiro atoms. The molecule has 1 atom stereocenters. The lowest BCUT2D eigenvalue weighted by atomic mass is 10.0. The van der Waals surface area contributed by atoms with E-state index in [0.29, 0.717) is 25.4 Å². The van der Waals surface area contributed by atoms with Gasteiger partial charge in [-0.1, -0.05) is 13.8 Å². The number of carboxylic acid groups (broad SMARTS) is 1. The summed E-state index contributed by atoms with van der Waals surface area (Å²) in [7, 11) is 0. The fraction of sp³-hybridized carbons (Fsp3) is 0.846. The van der Waals surface area contributed by atoms with Gasteiger partial charge in [-0.25, -0.2) is 4.79 Å². The number of carbonyl (C=O) groups excluding carboxylic acids is 1. The van der Waals surface area contributed by atoms with Gasteiger partial charge in [0.15, 0.2) is 0 Å². The number of aliphatic carboxylic acids is 1. The van der Waals surface area contributed by atoms with Crippen molar-refractivity contribution in [1.29, 1.82) is 0 Å². The van der Waals surface area contributed by atoms with E-state index in [-0.39, 0.29) is 12.5 Å². The lowest BCUT2D eigenvalue weighted by Gasteiger charge is -2.11. The Labute approximate surface area is 115 Å². The summed E-state index contributed by atoms with van der Waals surface area (Å²) in [4.78, 5) is 21.8. The zero-order chi connectivity index (χ0) is 14.5. The van der Waals surface area contributed by atoms with Crippen LogP contribution in [0, 0.1) is 5.92 Å². The fourth-order valence-corrected chi connectivity index (χ4v) is 1.60. The molecule has 112 valence electrons. The first-order valence-electron chi connectivity index (χ1n) is 7.00. The van der Waals surface area contributed by atoms with Crippen LogP contribution in [0.15, 0.2) is 0 Å². The zero-order valence-corrected chi connectivity index (χ0v) is 12.0. The lowest BCUT2D eigenvalue weighted by Crippen LogP contribution is -2.37. The molecule has 0 aliphatic carbocycles. The van der Waals surface area contributed by atoms with E-state index in [1.54, 1.807) is 0 Å². The Morgan fingerprint density at radius 1 is 1.11 bits per heavy atom. The van der Waals surface area contributed by atoms with Crippen LogP contribution in [-0.4, -0.2) is 43.3 Å². The predicted molar refractivity (Wildman–Crippen MR) is 75.2 cm³/mol. The summed E-state index contributed by atoms with van der Waals surface area (Å²) >= 11 is 0. The molecule has 6 heteroatoms. The molecule has 6 nitrogen and oxygen atoms in total. The van der Waals surface area contributed by atoms with Gasteiger partial charge in [-0.3, -0.25) is 4.79 Å². The number of nitrogens with one attached hydrogen (secondary N) is 3. The second-order valence-electron chi connectivity index (χ2n) is 4.72. The van der Waals surface area contributed by atoms with Gasteiger partial charge in [-0.2, -0.15) is 0 Å². The molecule has 0 aromatic carbocycles. The second kappa shape index (κ2) is 11.8. The van der Waals surface area contributed by atoms with Crippen LogP contribution in [0.5, 0.6) is 0 Å². The molecule has 0 aliphatic heterocycles. The smallest absolute Gasteiger partial charge is 0.314 e. The number of hydrogen-bond donors (Lipinski definition) is 4. The molecule has 2 amide bonds. The Kier molecular flexibility index (Phi) is 11.0. The number of urea groups is 1. The van der Waals surface area contributed by atoms with Crippen molar-refractivity contribution in [1.82, 2.24) is 16.0 Å². The third kappa shape index (κ3) is 12.9. The average Bonchev–Trinajstić information content (AvgIpc) is 2.36. The van der Waals surface area contributed by atoms with Crippen LogP contribution in [0.1, 0.15) is 39.5 Å². The number of carboxylic acids is 1. The zero-order valence-electron chi connectivity index (χ0n) is 12.0. The Bertz CT molecular complexity index is 260. The quantitative estimate of drug-likeness (QED) is 0.425. The molecular weight excluding hydrogens is 246 g/mol. The van der Waals surface area contributed by atoms with E-state index in [1.807, 2.05) is 13.8 Å². The maximum Gasteiger partial charge on any atom is 0.314 e. The summed E-state index contributed by atoms with van der Waals surface area (Å²) in [5.74, 6) is -0.455. The molecule has 0 saturated carbocycles. The van der Waals surface area contributed by atoms with E-state index >= 15 is 0 Å². The molecule has 0 aromatic rings. The SMILES string of the molecule is CCNCCCNC(=O)NCCC(C)CCC(=O)O. The van der Waals surface area contributed by atoms with Crippen LogP contribution >= 0.6 is 0 Å². The molecule has 0 radical (unpaired) electrons. The molecule has 0 rings (SSSR count). The van der Waals surface area contributed by atoms with E-state index in [9.17, 15) is 9.59 Å². The number of rotatable bonds is 11. The molecular formula is C13H27N3O3. The van der Waals surface area contributed by atoms with Crippen molar-refractivity contribution in [2.24, 2.45) is 5.92 Å². The predicted octanol–water partition coefficient (Wildman–Crippen LogP) is 1.18. The fourth-order valence-electron chi connectivity index (χ4n) is 1.60. The summed E-state index contributed by atoms with van der Waals surface area (Å²) in [6, 6.07) is -0.151. The highest BCUT2D eigenvalue weighted by Crippen LogP contribution is 2.08. The van der Waals surface area contributed by atoms with Gasteiger partial charge in [-0.05, 0) is 38.3 Å². The minimum absolute atomic E-state index is 0.151. The molecule has 0 aromatic heterocycles. The van der Waals surface area contributed by atoms with Crippen molar-refractivity contribution in [2.45, 2.75) is 39.5 Å². The standard InChI is InChI=1S/C13H27N3O3/c1-3-14-8-4-9-15-13(19)16-10-7-11(2)5-6-12(17)18/h11,14H,3-10H2,1-2H3,(H,17,18)(H2,15,16,19). The molecule has 4 N–H and O–H groups in total. The first-order valence-corrected chi connectivity index (χ1v) is 7.00. The Morgan fingerprint density at radius 3 is 2.42 bits per heavy atom. The molecule has 1 unspecified atom stereocenters. The molecule has 19 heavy (non-hydrogen) atoms. The Morgan fingerprint density at radius 2 is 1.79 bits per heavy atom. The minimum atomic E-state index is -0.766. The van der Waals surface area contributed by atoms with Gasteiger partial charge in [-0.15, -0.1) is 0 Å². The first kappa shape index (κ1) is 17.7. The third-order valence-corrected chi connectivity index (χ3v) is 2.84. The Hall–Kier alpha value is -1.30. The normalized spacial score (nSPS) is 11.9. The summed E-state index contributed by atoms with van der Waals surface area (Å²) < 4.78 is 0. The van der Waals surface area contributed by atoms with Crippen molar-refractivity contribution in [3.8, 4) is 0 Å². The highest BCUT2D eigenvalue weighted by atomic mass is 16.4. The highest BCUT2D eigenvalue weighted by molar-refractivity contribution is 5.73. The topological polar surface area (TPSA) is 90.5 Å². The van der Waals surface area contributed by atoms with E-state index in [4.69, 9.17) is 5.11 Å². The van der Waals surface area contributed by atoms with E-state index in [1.165, 1.54) is 0 Å². The van der Waals surface area contributed by atoms with Crippen molar-refractivity contribution < 1.29 is 14.7 Å². The summed E-state index contributed by atoms with van der Waals surface area (Å²) in [5.41, 5.74) is 0. The highest BCUT2D eigenvalue weighted by Gasteiger charge is 2.06. The maximum absolute atomic E-state index is 11.4. The van der Waals surface area contributed by atoms with Crippen LogP contribution in [-0.2, 0) is 4.79 Å². The van der Waals surface area contributed by atoms with Crippen LogP contribution in [0.2, 0.25) is 0 Å². The first-order chi connectivity index (χ1) is 9.06. The molecule has 0 fully saturated rings. The molecule has 0 heterocycles.